The van der Waals surface area contributed by atoms with Crippen LogP contribution in [0.2, 0.25) is 0 Å². The van der Waals surface area contributed by atoms with Crippen LogP contribution in [0.1, 0.15) is 16.7 Å². The predicted molar refractivity (Wildman–Crippen MR) is 66.8 cm³/mol. The second-order valence-electron chi connectivity index (χ2n) is 3.71. The second-order valence-corrected chi connectivity index (χ2v) is 4.69. The molecular formula is C13H11N3S. The van der Waals surface area contributed by atoms with Crippen molar-refractivity contribution in [3.8, 4) is 6.07 Å². The van der Waals surface area contributed by atoms with Crippen LogP contribution < -0.4 is 0 Å². The molecule has 1 heterocycles. The SMILES string of the molecule is Cc1cnc(Sc2c(C)cccc2C#N)nc1. The molecule has 0 aliphatic rings. The summed E-state index contributed by atoms with van der Waals surface area (Å²) in [6.45, 7) is 3.93. The summed E-state index contributed by atoms with van der Waals surface area (Å²) in [5, 5.41) is 9.73. The van der Waals surface area contributed by atoms with Gasteiger partial charge in [0, 0.05) is 17.3 Å². The van der Waals surface area contributed by atoms with Crippen molar-refractivity contribution >= 4 is 11.8 Å². The van der Waals surface area contributed by atoms with Gasteiger partial charge in [-0.15, -0.1) is 0 Å². The zero-order valence-electron chi connectivity index (χ0n) is 9.64. The van der Waals surface area contributed by atoms with Crippen LogP contribution in [0.25, 0.3) is 0 Å². The van der Waals surface area contributed by atoms with Crippen molar-refractivity contribution in [2.45, 2.75) is 23.9 Å². The van der Waals surface area contributed by atoms with Crippen LogP contribution in [-0.4, -0.2) is 9.97 Å². The Bertz CT molecular complexity index is 570. The van der Waals surface area contributed by atoms with Crippen LogP contribution in [0.15, 0.2) is 40.6 Å². The lowest BCUT2D eigenvalue weighted by Gasteiger charge is -2.05. The van der Waals surface area contributed by atoms with Crippen molar-refractivity contribution in [3.63, 3.8) is 0 Å². The van der Waals surface area contributed by atoms with Crippen molar-refractivity contribution in [3.05, 3.63) is 47.3 Å². The molecule has 0 aliphatic heterocycles. The summed E-state index contributed by atoms with van der Waals surface area (Å²) in [5.41, 5.74) is 2.76. The monoisotopic (exact) mass is 241 g/mol. The van der Waals surface area contributed by atoms with Gasteiger partial charge < -0.3 is 0 Å². The summed E-state index contributed by atoms with van der Waals surface area (Å²) in [6.07, 6.45) is 3.55. The Kier molecular flexibility index (Phi) is 3.40. The predicted octanol–water partition coefficient (Wildman–Crippen LogP) is 3.12. The quantitative estimate of drug-likeness (QED) is 0.758. The van der Waals surface area contributed by atoms with Crippen molar-refractivity contribution in [1.29, 1.82) is 5.26 Å². The van der Waals surface area contributed by atoms with Crippen LogP contribution in [0.4, 0.5) is 0 Å². The molecule has 0 aliphatic carbocycles. The first kappa shape index (κ1) is 11.6. The summed E-state index contributed by atoms with van der Waals surface area (Å²) in [4.78, 5) is 9.39. The van der Waals surface area contributed by atoms with E-state index in [1.54, 1.807) is 12.4 Å². The average Bonchev–Trinajstić information content (AvgIpc) is 2.34. The highest BCUT2D eigenvalue weighted by atomic mass is 32.2. The maximum atomic E-state index is 9.06. The van der Waals surface area contributed by atoms with E-state index in [1.807, 2.05) is 32.0 Å². The standard InChI is InChI=1S/C13H11N3S/c1-9-7-15-13(16-8-9)17-12-10(2)4-3-5-11(12)6-14/h3-5,7-8H,1-2H3. The number of hydrogen-bond acceptors (Lipinski definition) is 4. The molecule has 4 heteroatoms. The van der Waals surface area contributed by atoms with E-state index in [9.17, 15) is 0 Å². The molecule has 0 N–H and O–H groups in total. The zero-order chi connectivity index (χ0) is 12.3. The van der Waals surface area contributed by atoms with Gasteiger partial charge in [0.15, 0.2) is 5.16 Å². The molecule has 2 aromatic rings. The molecular weight excluding hydrogens is 230 g/mol. The van der Waals surface area contributed by atoms with Crippen LogP contribution in [0, 0.1) is 25.2 Å². The highest BCUT2D eigenvalue weighted by Gasteiger charge is 2.08. The van der Waals surface area contributed by atoms with Crippen LogP contribution >= 0.6 is 11.8 Å². The fourth-order valence-electron chi connectivity index (χ4n) is 1.40. The average molecular weight is 241 g/mol. The Hall–Kier alpha value is -1.86. The van der Waals surface area contributed by atoms with E-state index in [4.69, 9.17) is 5.26 Å². The number of rotatable bonds is 2. The van der Waals surface area contributed by atoms with E-state index in [-0.39, 0.29) is 0 Å². The van der Waals surface area contributed by atoms with E-state index < -0.39 is 0 Å². The van der Waals surface area contributed by atoms with Crippen molar-refractivity contribution < 1.29 is 0 Å². The molecule has 0 saturated carbocycles. The van der Waals surface area contributed by atoms with Gasteiger partial charge in [0.05, 0.1) is 5.56 Å². The fourth-order valence-corrected chi connectivity index (χ4v) is 2.25. The topological polar surface area (TPSA) is 49.6 Å². The van der Waals surface area contributed by atoms with E-state index in [1.165, 1.54) is 11.8 Å². The Morgan fingerprint density at radius 1 is 1.18 bits per heavy atom. The normalized spacial score (nSPS) is 9.94. The number of aryl methyl sites for hydroxylation is 2. The summed E-state index contributed by atoms with van der Waals surface area (Å²) in [7, 11) is 0. The molecule has 17 heavy (non-hydrogen) atoms. The van der Waals surface area contributed by atoms with Crippen LogP contribution in [-0.2, 0) is 0 Å². The molecule has 0 amide bonds. The summed E-state index contributed by atoms with van der Waals surface area (Å²) in [5.74, 6) is 0. The third-order valence-electron chi connectivity index (χ3n) is 2.28. The van der Waals surface area contributed by atoms with Gasteiger partial charge in [0.2, 0.25) is 0 Å². The lowest BCUT2D eigenvalue weighted by molar-refractivity contribution is 0.949. The van der Waals surface area contributed by atoms with Gasteiger partial charge in [0.25, 0.3) is 0 Å². The molecule has 1 aromatic carbocycles. The maximum Gasteiger partial charge on any atom is 0.192 e. The van der Waals surface area contributed by atoms with Crippen molar-refractivity contribution in [1.82, 2.24) is 9.97 Å². The van der Waals surface area contributed by atoms with Crippen molar-refractivity contribution in [2.24, 2.45) is 0 Å². The summed E-state index contributed by atoms with van der Waals surface area (Å²) >= 11 is 1.43. The molecule has 0 atom stereocenters. The van der Waals surface area contributed by atoms with Gasteiger partial charge >= 0.3 is 0 Å². The molecule has 0 fully saturated rings. The van der Waals surface area contributed by atoms with Gasteiger partial charge in [-0.2, -0.15) is 5.26 Å². The summed E-state index contributed by atoms with van der Waals surface area (Å²) in [6, 6.07) is 7.87. The smallest absolute Gasteiger partial charge is 0.192 e. The molecule has 1 aromatic heterocycles. The highest BCUT2D eigenvalue weighted by Crippen LogP contribution is 2.30. The molecule has 0 unspecified atom stereocenters. The van der Waals surface area contributed by atoms with Crippen molar-refractivity contribution in [2.75, 3.05) is 0 Å². The number of nitriles is 1. The minimum atomic E-state index is 0.666. The molecule has 0 radical (unpaired) electrons. The zero-order valence-corrected chi connectivity index (χ0v) is 10.5. The summed E-state index contributed by atoms with van der Waals surface area (Å²) < 4.78 is 0. The van der Waals surface area contributed by atoms with E-state index in [0.29, 0.717) is 10.7 Å². The lowest BCUT2D eigenvalue weighted by atomic mass is 10.1. The van der Waals surface area contributed by atoms with Crippen LogP contribution in [0.3, 0.4) is 0 Å². The Labute approximate surface area is 105 Å². The molecule has 2 rings (SSSR count). The Morgan fingerprint density at radius 3 is 2.53 bits per heavy atom. The van der Waals surface area contributed by atoms with Gasteiger partial charge in [0.1, 0.15) is 6.07 Å². The first-order valence-electron chi connectivity index (χ1n) is 5.17. The second kappa shape index (κ2) is 4.98. The van der Waals surface area contributed by atoms with Gasteiger partial charge in [-0.3, -0.25) is 0 Å². The van der Waals surface area contributed by atoms with Gasteiger partial charge in [-0.1, -0.05) is 12.1 Å². The van der Waals surface area contributed by atoms with E-state index in [2.05, 4.69) is 16.0 Å². The molecule has 0 spiro atoms. The first-order valence-corrected chi connectivity index (χ1v) is 5.98. The minimum Gasteiger partial charge on any atom is -0.231 e. The molecule has 3 nitrogen and oxygen atoms in total. The van der Waals surface area contributed by atoms with E-state index >= 15 is 0 Å². The van der Waals surface area contributed by atoms with Gasteiger partial charge in [-0.05, 0) is 42.8 Å². The van der Waals surface area contributed by atoms with E-state index in [0.717, 1.165) is 16.0 Å². The third-order valence-corrected chi connectivity index (χ3v) is 3.42. The largest absolute Gasteiger partial charge is 0.231 e. The Balaban J connectivity index is 2.36. The lowest BCUT2D eigenvalue weighted by Crippen LogP contribution is -1.90. The first-order chi connectivity index (χ1) is 8.20. The molecule has 84 valence electrons. The highest BCUT2D eigenvalue weighted by molar-refractivity contribution is 7.99. The fraction of sp³-hybridized carbons (Fsp3) is 0.154. The van der Waals surface area contributed by atoms with Crippen LogP contribution in [0.5, 0.6) is 0 Å². The van der Waals surface area contributed by atoms with Gasteiger partial charge in [-0.25, -0.2) is 9.97 Å². The number of benzene rings is 1. The number of hydrogen-bond donors (Lipinski definition) is 0. The Morgan fingerprint density at radius 2 is 1.88 bits per heavy atom. The molecule has 0 bridgehead atoms. The number of aromatic nitrogens is 2. The maximum absolute atomic E-state index is 9.06. The minimum absolute atomic E-state index is 0.666. The number of nitrogens with zero attached hydrogens (tertiary/aromatic N) is 3. The third kappa shape index (κ3) is 2.63. The molecule has 0 saturated heterocycles.